The molecule has 112 valence electrons. The lowest BCUT2D eigenvalue weighted by Gasteiger charge is -2.25. The van der Waals surface area contributed by atoms with Gasteiger partial charge in [-0.15, -0.1) is 11.3 Å². The number of rotatable bonds is 4. The number of nitrogens with one attached hydrogen (secondary N) is 1. The molecule has 3 rings (SSSR count). The van der Waals surface area contributed by atoms with Gasteiger partial charge in [0.1, 0.15) is 4.90 Å². The van der Waals surface area contributed by atoms with Crippen molar-refractivity contribution in [3.63, 3.8) is 0 Å². The molecule has 0 saturated heterocycles. The summed E-state index contributed by atoms with van der Waals surface area (Å²) in [6, 6.07) is 1.99. The number of hydrogen-bond acceptors (Lipinski definition) is 6. The van der Waals surface area contributed by atoms with Crippen molar-refractivity contribution >= 4 is 27.3 Å². The lowest BCUT2D eigenvalue weighted by Crippen LogP contribution is -2.35. The first-order valence-electron chi connectivity index (χ1n) is 6.72. The highest BCUT2D eigenvalue weighted by molar-refractivity contribution is 7.89. The van der Waals surface area contributed by atoms with Crippen molar-refractivity contribution in [1.82, 2.24) is 14.3 Å². The Hall–Kier alpha value is -1.51. The van der Waals surface area contributed by atoms with Crippen LogP contribution in [0.3, 0.4) is 0 Å². The Labute approximate surface area is 127 Å². The van der Waals surface area contributed by atoms with Gasteiger partial charge in [0.15, 0.2) is 0 Å². The van der Waals surface area contributed by atoms with Crippen LogP contribution in [0.2, 0.25) is 0 Å². The van der Waals surface area contributed by atoms with Crippen LogP contribution in [0.4, 0.5) is 5.95 Å². The highest BCUT2D eigenvalue weighted by atomic mass is 32.2. The van der Waals surface area contributed by atoms with E-state index in [1.165, 1.54) is 21.6 Å². The zero-order chi connectivity index (χ0) is 14.9. The molecule has 0 unspecified atom stereocenters. The van der Waals surface area contributed by atoms with Crippen molar-refractivity contribution in [2.45, 2.75) is 24.8 Å². The van der Waals surface area contributed by atoms with Crippen molar-refractivity contribution < 1.29 is 8.42 Å². The molecule has 3 heterocycles. The van der Waals surface area contributed by atoms with Crippen molar-refractivity contribution in [2.75, 3.05) is 18.4 Å². The number of anilines is 1. The molecule has 0 saturated carbocycles. The largest absolute Gasteiger partial charge is 0.355 e. The molecule has 0 fully saturated rings. The first kappa shape index (κ1) is 14.4. The second-order valence-electron chi connectivity index (χ2n) is 4.73. The van der Waals surface area contributed by atoms with Crippen molar-refractivity contribution in [3.05, 3.63) is 34.3 Å². The molecule has 21 heavy (non-hydrogen) atoms. The van der Waals surface area contributed by atoms with Crippen LogP contribution < -0.4 is 5.32 Å². The van der Waals surface area contributed by atoms with Gasteiger partial charge in [-0.1, -0.05) is 0 Å². The zero-order valence-electron chi connectivity index (χ0n) is 11.6. The fourth-order valence-electron chi connectivity index (χ4n) is 2.28. The summed E-state index contributed by atoms with van der Waals surface area (Å²) in [6.07, 6.45) is 3.50. The monoisotopic (exact) mass is 324 g/mol. The molecule has 0 amide bonds. The molecule has 0 aromatic carbocycles. The van der Waals surface area contributed by atoms with E-state index in [-0.39, 0.29) is 4.90 Å². The van der Waals surface area contributed by atoms with E-state index in [1.54, 1.807) is 11.3 Å². The fraction of sp³-hybridized carbons (Fsp3) is 0.385. The second-order valence-corrected chi connectivity index (χ2v) is 7.67. The summed E-state index contributed by atoms with van der Waals surface area (Å²) < 4.78 is 26.7. The lowest BCUT2D eigenvalue weighted by molar-refractivity contribution is 0.394. The molecule has 1 aliphatic heterocycles. The van der Waals surface area contributed by atoms with Gasteiger partial charge in [-0.3, -0.25) is 0 Å². The van der Waals surface area contributed by atoms with Gasteiger partial charge in [-0.05, 0) is 30.4 Å². The van der Waals surface area contributed by atoms with Crippen LogP contribution in [-0.2, 0) is 23.0 Å². The summed E-state index contributed by atoms with van der Waals surface area (Å²) in [4.78, 5) is 9.50. The highest BCUT2D eigenvalue weighted by Crippen LogP contribution is 2.27. The maximum atomic E-state index is 12.6. The topological polar surface area (TPSA) is 75.2 Å². The Balaban J connectivity index is 1.84. The van der Waals surface area contributed by atoms with Crippen LogP contribution >= 0.6 is 11.3 Å². The number of sulfonamides is 1. The first-order chi connectivity index (χ1) is 10.1. The van der Waals surface area contributed by atoms with Crippen LogP contribution in [0, 0.1) is 0 Å². The third kappa shape index (κ3) is 2.78. The van der Waals surface area contributed by atoms with Crippen LogP contribution in [-0.4, -0.2) is 35.8 Å². The second kappa shape index (κ2) is 5.70. The van der Waals surface area contributed by atoms with Crippen molar-refractivity contribution in [2.24, 2.45) is 0 Å². The van der Waals surface area contributed by atoms with Crippen LogP contribution in [0.5, 0.6) is 0 Å². The first-order valence-corrected chi connectivity index (χ1v) is 9.04. The van der Waals surface area contributed by atoms with E-state index in [1.807, 2.05) is 18.4 Å². The standard InChI is InChI=1S/C13H16N4O2S2/c1-2-14-13-15-7-11(8-16-13)21(18,19)17-5-3-12-10(9-17)4-6-20-12/h4,6-8H,2-3,5,9H2,1H3,(H,14,15,16). The predicted molar refractivity (Wildman–Crippen MR) is 81.8 cm³/mol. The molecule has 1 aliphatic rings. The Morgan fingerprint density at radius 3 is 2.86 bits per heavy atom. The van der Waals surface area contributed by atoms with Gasteiger partial charge in [0.25, 0.3) is 0 Å². The van der Waals surface area contributed by atoms with Gasteiger partial charge in [-0.2, -0.15) is 4.31 Å². The van der Waals surface area contributed by atoms with E-state index in [9.17, 15) is 8.42 Å². The van der Waals surface area contributed by atoms with Gasteiger partial charge >= 0.3 is 0 Å². The Morgan fingerprint density at radius 2 is 2.14 bits per heavy atom. The van der Waals surface area contributed by atoms with E-state index in [4.69, 9.17) is 0 Å². The Kier molecular flexibility index (Phi) is 3.92. The molecule has 6 nitrogen and oxygen atoms in total. The number of hydrogen-bond donors (Lipinski definition) is 1. The number of aromatic nitrogens is 2. The molecule has 0 aliphatic carbocycles. The lowest BCUT2D eigenvalue weighted by atomic mass is 10.1. The smallest absolute Gasteiger partial charge is 0.246 e. The summed E-state index contributed by atoms with van der Waals surface area (Å²) in [6.45, 7) is 3.56. The minimum atomic E-state index is -3.53. The summed E-state index contributed by atoms with van der Waals surface area (Å²) in [5, 5.41) is 4.96. The maximum Gasteiger partial charge on any atom is 0.246 e. The third-order valence-electron chi connectivity index (χ3n) is 3.37. The third-order valence-corrected chi connectivity index (χ3v) is 6.19. The molecule has 0 bridgehead atoms. The summed E-state index contributed by atoms with van der Waals surface area (Å²) in [5.41, 5.74) is 1.10. The van der Waals surface area contributed by atoms with E-state index in [2.05, 4.69) is 15.3 Å². The zero-order valence-corrected chi connectivity index (χ0v) is 13.2. The highest BCUT2D eigenvalue weighted by Gasteiger charge is 2.29. The molecule has 2 aromatic heterocycles. The average molecular weight is 324 g/mol. The SMILES string of the molecule is CCNc1ncc(S(=O)(=O)N2CCc3sccc3C2)cn1. The summed E-state index contributed by atoms with van der Waals surface area (Å²) >= 11 is 1.69. The molecule has 1 N–H and O–H groups in total. The molecule has 0 spiro atoms. The van der Waals surface area contributed by atoms with Crippen LogP contribution in [0.25, 0.3) is 0 Å². The van der Waals surface area contributed by atoms with E-state index in [0.29, 0.717) is 25.6 Å². The number of thiophene rings is 1. The normalized spacial score (nSPS) is 15.7. The van der Waals surface area contributed by atoms with Crippen molar-refractivity contribution in [3.8, 4) is 0 Å². The molecule has 0 atom stereocenters. The van der Waals surface area contributed by atoms with E-state index in [0.717, 1.165) is 12.0 Å². The molecule has 8 heteroatoms. The predicted octanol–water partition coefficient (Wildman–Crippen LogP) is 1.72. The van der Waals surface area contributed by atoms with Gasteiger partial charge in [0.05, 0.1) is 12.4 Å². The fourth-order valence-corrected chi connectivity index (χ4v) is 4.48. The van der Waals surface area contributed by atoms with Crippen LogP contribution in [0.15, 0.2) is 28.7 Å². The van der Waals surface area contributed by atoms with Gasteiger partial charge in [-0.25, -0.2) is 18.4 Å². The van der Waals surface area contributed by atoms with Crippen molar-refractivity contribution in [1.29, 1.82) is 0 Å². The number of nitrogens with zero attached hydrogens (tertiary/aromatic N) is 3. The van der Waals surface area contributed by atoms with Crippen LogP contribution in [0.1, 0.15) is 17.4 Å². The van der Waals surface area contributed by atoms with Gasteiger partial charge in [0.2, 0.25) is 16.0 Å². The summed E-state index contributed by atoms with van der Waals surface area (Å²) in [7, 11) is -3.53. The van der Waals surface area contributed by atoms with E-state index >= 15 is 0 Å². The van der Waals surface area contributed by atoms with E-state index < -0.39 is 10.0 Å². The van der Waals surface area contributed by atoms with Gasteiger partial charge < -0.3 is 5.32 Å². The Morgan fingerprint density at radius 1 is 1.38 bits per heavy atom. The molecule has 2 aromatic rings. The maximum absolute atomic E-state index is 12.6. The quantitative estimate of drug-likeness (QED) is 0.927. The Bertz CT molecular complexity index is 725. The average Bonchev–Trinajstić information content (AvgIpc) is 2.95. The molecule has 0 radical (unpaired) electrons. The summed E-state index contributed by atoms with van der Waals surface area (Å²) in [5.74, 6) is 0.440. The van der Waals surface area contributed by atoms with Gasteiger partial charge in [0, 0.05) is 24.5 Å². The molecular formula is C13H16N4O2S2. The number of fused-ring (bicyclic) bond motifs is 1. The molecular weight excluding hydrogens is 308 g/mol. The minimum absolute atomic E-state index is 0.142. The minimum Gasteiger partial charge on any atom is -0.355 e.